The number of carbonyl (C=O) groups is 1. The number of hydrogen-bond acceptors (Lipinski definition) is 3. The second-order valence-corrected chi connectivity index (χ2v) is 3.97. The molecule has 0 aromatic heterocycles. The largest absolute Gasteiger partial charge is 0.497 e. The van der Waals surface area contributed by atoms with Crippen molar-refractivity contribution in [2.24, 2.45) is 0 Å². The van der Waals surface area contributed by atoms with Crippen LogP contribution in [0.1, 0.15) is 26.2 Å². The maximum Gasteiger partial charge on any atom is 0.120 e. The summed E-state index contributed by atoms with van der Waals surface area (Å²) in [5, 5.41) is 0. The summed E-state index contributed by atoms with van der Waals surface area (Å²) >= 11 is 0. The second kappa shape index (κ2) is 8.62. The number of methoxy groups -OCH3 is 1. The van der Waals surface area contributed by atoms with Crippen molar-refractivity contribution < 1.29 is 9.53 Å². The summed E-state index contributed by atoms with van der Waals surface area (Å²) in [7, 11) is 5.60. The molecule has 0 N–H and O–H groups in total. The van der Waals surface area contributed by atoms with Gasteiger partial charge in [-0.2, -0.15) is 0 Å². The number of nitrogens with zero attached hydrogens (tertiary/aromatic N) is 1. The van der Waals surface area contributed by atoms with Crippen LogP contribution in [-0.2, 0) is 9.53 Å². The Labute approximate surface area is 104 Å². The molecule has 0 amide bonds. The van der Waals surface area contributed by atoms with Crippen LogP contribution >= 0.6 is 0 Å². The maximum absolute atomic E-state index is 10.4. The van der Waals surface area contributed by atoms with Gasteiger partial charge < -0.3 is 14.4 Å². The quantitative estimate of drug-likeness (QED) is 0.281. The van der Waals surface area contributed by atoms with E-state index in [1.54, 1.807) is 7.11 Å². The first-order chi connectivity index (χ1) is 8.06. The highest BCUT2D eigenvalue weighted by molar-refractivity contribution is 5.49. The van der Waals surface area contributed by atoms with Gasteiger partial charge >= 0.3 is 0 Å². The molecule has 0 fully saturated rings. The van der Waals surface area contributed by atoms with Crippen molar-refractivity contribution in [3.8, 4) is 0 Å². The molecule has 3 nitrogen and oxygen atoms in total. The van der Waals surface area contributed by atoms with Gasteiger partial charge in [-0.05, 0) is 31.4 Å². The molecular weight excluding hydrogens is 214 g/mol. The zero-order valence-electron chi connectivity index (χ0n) is 11.3. The standard InChI is InChI=1S/C14H23NO2/c1-6-14(15(3)4)13(9-7-8-10-16)11-12(2)17-5/h6,10-11H,2,7-9H2,1,3-5H3/b13-11-,14-6+. The molecule has 96 valence electrons. The lowest BCUT2D eigenvalue weighted by molar-refractivity contribution is -0.107. The van der Waals surface area contributed by atoms with Crippen LogP contribution < -0.4 is 0 Å². The van der Waals surface area contributed by atoms with E-state index in [0.717, 1.165) is 30.4 Å². The first kappa shape index (κ1) is 15.5. The molecule has 0 aromatic carbocycles. The Hall–Kier alpha value is -1.51. The van der Waals surface area contributed by atoms with E-state index in [9.17, 15) is 4.79 Å². The van der Waals surface area contributed by atoms with E-state index in [2.05, 4.69) is 17.6 Å². The summed E-state index contributed by atoms with van der Waals surface area (Å²) in [4.78, 5) is 12.4. The highest BCUT2D eigenvalue weighted by Crippen LogP contribution is 2.20. The van der Waals surface area contributed by atoms with Crippen molar-refractivity contribution in [2.75, 3.05) is 21.2 Å². The predicted octanol–water partition coefficient (Wildman–Crippen LogP) is 2.91. The van der Waals surface area contributed by atoms with Gasteiger partial charge in [0.15, 0.2) is 0 Å². The van der Waals surface area contributed by atoms with Gasteiger partial charge in [-0.15, -0.1) is 0 Å². The number of aldehydes is 1. The van der Waals surface area contributed by atoms with Crippen molar-refractivity contribution in [1.82, 2.24) is 4.90 Å². The summed E-state index contributed by atoms with van der Waals surface area (Å²) in [5.41, 5.74) is 2.28. The van der Waals surface area contributed by atoms with Gasteiger partial charge in [-0.1, -0.05) is 12.7 Å². The van der Waals surface area contributed by atoms with E-state index < -0.39 is 0 Å². The number of likely N-dealkylation sites (N-methyl/N-ethyl adjacent to an activating group) is 1. The van der Waals surface area contributed by atoms with E-state index in [4.69, 9.17) is 4.74 Å². The van der Waals surface area contributed by atoms with Gasteiger partial charge in [0.1, 0.15) is 12.0 Å². The zero-order chi connectivity index (χ0) is 13.3. The molecule has 0 saturated carbocycles. The fourth-order valence-electron chi connectivity index (χ4n) is 1.63. The third kappa shape index (κ3) is 5.95. The highest BCUT2D eigenvalue weighted by Gasteiger charge is 2.07. The van der Waals surface area contributed by atoms with Crippen molar-refractivity contribution >= 4 is 6.29 Å². The van der Waals surface area contributed by atoms with E-state index in [1.165, 1.54) is 0 Å². The zero-order valence-corrected chi connectivity index (χ0v) is 11.3. The molecule has 0 spiro atoms. The number of unbranched alkanes of at least 4 members (excludes halogenated alkanes) is 1. The van der Waals surface area contributed by atoms with Crippen LogP contribution in [0.15, 0.2) is 35.8 Å². The SMILES string of the molecule is C=C(/C=C(CCCC=O)\C(=C/C)N(C)C)OC. The van der Waals surface area contributed by atoms with E-state index in [-0.39, 0.29) is 0 Å². The van der Waals surface area contributed by atoms with Gasteiger partial charge in [0.2, 0.25) is 0 Å². The molecule has 0 aromatic rings. The number of allylic oxidation sites excluding steroid dienone is 3. The van der Waals surface area contributed by atoms with Crippen molar-refractivity contribution in [3.05, 3.63) is 35.8 Å². The molecular formula is C14H23NO2. The Bertz CT molecular complexity index is 314. The topological polar surface area (TPSA) is 29.5 Å². The minimum atomic E-state index is 0.585. The minimum absolute atomic E-state index is 0.585. The Morgan fingerprint density at radius 1 is 1.41 bits per heavy atom. The molecule has 3 heteroatoms. The lowest BCUT2D eigenvalue weighted by Crippen LogP contribution is -2.13. The monoisotopic (exact) mass is 237 g/mol. The Balaban J connectivity index is 4.89. The molecule has 0 unspecified atom stereocenters. The fourth-order valence-corrected chi connectivity index (χ4v) is 1.63. The van der Waals surface area contributed by atoms with E-state index in [0.29, 0.717) is 12.2 Å². The maximum atomic E-state index is 10.4. The fraction of sp³-hybridized carbons (Fsp3) is 0.500. The molecule has 0 rings (SSSR count). The average molecular weight is 237 g/mol. The summed E-state index contributed by atoms with van der Waals surface area (Å²) in [6, 6.07) is 0. The third-order valence-electron chi connectivity index (χ3n) is 2.45. The van der Waals surface area contributed by atoms with Crippen LogP contribution in [0.4, 0.5) is 0 Å². The number of ether oxygens (including phenoxy) is 1. The number of hydrogen-bond donors (Lipinski definition) is 0. The average Bonchev–Trinajstić information content (AvgIpc) is 2.29. The van der Waals surface area contributed by atoms with Crippen LogP contribution in [0.2, 0.25) is 0 Å². The lowest BCUT2D eigenvalue weighted by Gasteiger charge is -2.20. The van der Waals surface area contributed by atoms with Crippen LogP contribution in [0.25, 0.3) is 0 Å². The molecule has 0 atom stereocenters. The van der Waals surface area contributed by atoms with Crippen LogP contribution in [0, 0.1) is 0 Å². The second-order valence-electron chi connectivity index (χ2n) is 3.97. The molecule has 0 heterocycles. The van der Waals surface area contributed by atoms with Gasteiger partial charge in [-0.3, -0.25) is 0 Å². The molecule has 0 bridgehead atoms. The Kier molecular flexibility index (Phi) is 7.85. The smallest absolute Gasteiger partial charge is 0.120 e. The van der Waals surface area contributed by atoms with E-state index >= 15 is 0 Å². The van der Waals surface area contributed by atoms with Gasteiger partial charge in [0.25, 0.3) is 0 Å². The predicted molar refractivity (Wildman–Crippen MR) is 71.6 cm³/mol. The summed E-state index contributed by atoms with van der Waals surface area (Å²) in [6.45, 7) is 5.80. The first-order valence-electron chi connectivity index (χ1n) is 5.77. The number of rotatable bonds is 8. The minimum Gasteiger partial charge on any atom is -0.497 e. The van der Waals surface area contributed by atoms with Crippen molar-refractivity contribution in [2.45, 2.75) is 26.2 Å². The molecule has 0 radical (unpaired) electrons. The summed E-state index contributed by atoms with van der Waals surface area (Å²) < 4.78 is 5.08. The lowest BCUT2D eigenvalue weighted by atomic mass is 10.0. The first-order valence-corrected chi connectivity index (χ1v) is 5.77. The molecule has 17 heavy (non-hydrogen) atoms. The normalized spacial score (nSPS) is 12.2. The number of carbonyl (C=O) groups excluding carboxylic acids is 1. The van der Waals surface area contributed by atoms with Crippen LogP contribution in [0.3, 0.4) is 0 Å². The summed E-state index contributed by atoms with van der Waals surface area (Å²) in [5.74, 6) is 0.632. The molecule has 0 saturated heterocycles. The van der Waals surface area contributed by atoms with Crippen LogP contribution in [-0.4, -0.2) is 32.4 Å². The van der Waals surface area contributed by atoms with Gasteiger partial charge in [-0.25, -0.2) is 0 Å². The van der Waals surface area contributed by atoms with Crippen LogP contribution in [0.5, 0.6) is 0 Å². The third-order valence-corrected chi connectivity index (χ3v) is 2.45. The highest BCUT2D eigenvalue weighted by atomic mass is 16.5. The van der Waals surface area contributed by atoms with Gasteiger partial charge in [0.05, 0.1) is 7.11 Å². The Morgan fingerprint density at radius 3 is 2.47 bits per heavy atom. The van der Waals surface area contributed by atoms with Gasteiger partial charge in [0, 0.05) is 26.2 Å². The summed E-state index contributed by atoms with van der Waals surface area (Å²) in [6.07, 6.45) is 7.21. The molecule has 0 aliphatic heterocycles. The van der Waals surface area contributed by atoms with Crippen molar-refractivity contribution in [1.29, 1.82) is 0 Å². The Morgan fingerprint density at radius 2 is 2.06 bits per heavy atom. The molecule has 0 aliphatic rings. The van der Waals surface area contributed by atoms with E-state index in [1.807, 2.05) is 27.1 Å². The van der Waals surface area contributed by atoms with Crippen molar-refractivity contribution in [3.63, 3.8) is 0 Å². The molecule has 0 aliphatic carbocycles.